The van der Waals surface area contributed by atoms with Gasteiger partial charge in [-0.25, -0.2) is 0 Å². The van der Waals surface area contributed by atoms with Gasteiger partial charge in [0.1, 0.15) is 5.54 Å². The molecular weight excluding hydrogens is 198 g/mol. The van der Waals surface area contributed by atoms with Gasteiger partial charge in [-0.3, -0.25) is 4.79 Å². The van der Waals surface area contributed by atoms with E-state index in [9.17, 15) is 15.0 Å². The van der Waals surface area contributed by atoms with Crippen molar-refractivity contribution in [1.82, 2.24) is 0 Å². The van der Waals surface area contributed by atoms with Crippen LogP contribution in [-0.4, -0.2) is 26.8 Å². The molecule has 80 valence electrons. The SMILES string of the molecule is NC1(C(=O)O)Cc2ccc(O)c(O)c2C1. The Morgan fingerprint density at radius 3 is 2.60 bits per heavy atom. The van der Waals surface area contributed by atoms with Crippen LogP contribution in [-0.2, 0) is 17.6 Å². The fourth-order valence-corrected chi connectivity index (χ4v) is 1.90. The minimum absolute atomic E-state index is 0.0396. The summed E-state index contributed by atoms with van der Waals surface area (Å²) in [4.78, 5) is 10.9. The number of fused-ring (bicyclic) bond motifs is 1. The van der Waals surface area contributed by atoms with Crippen molar-refractivity contribution in [2.45, 2.75) is 18.4 Å². The number of hydrogen-bond donors (Lipinski definition) is 4. The number of hydrogen-bond acceptors (Lipinski definition) is 4. The number of aromatic hydroxyl groups is 2. The molecule has 0 saturated heterocycles. The first kappa shape index (κ1) is 9.79. The van der Waals surface area contributed by atoms with Crippen molar-refractivity contribution < 1.29 is 20.1 Å². The van der Waals surface area contributed by atoms with Crippen LogP contribution in [0, 0.1) is 0 Å². The van der Waals surface area contributed by atoms with Gasteiger partial charge < -0.3 is 21.1 Å². The van der Waals surface area contributed by atoms with E-state index in [0.717, 1.165) is 0 Å². The number of nitrogens with two attached hydrogens (primary N) is 1. The second-order valence-electron chi connectivity index (χ2n) is 3.89. The Morgan fingerprint density at radius 2 is 2.00 bits per heavy atom. The highest BCUT2D eigenvalue weighted by molar-refractivity contribution is 5.81. The molecule has 5 heteroatoms. The van der Waals surface area contributed by atoms with Crippen LogP contribution in [0.5, 0.6) is 11.5 Å². The van der Waals surface area contributed by atoms with Crippen molar-refractivity contribution in [2.75, 3.05) is 0 Å². The topological polar surface area (TPSA) is 104 Å². The summed E-state index contributed by atoms with van der Waals surface area (Å²) in [6, 6.07) is 2.92. The van der Waals surface area contributed by atoms with Gasteiger partial charge in [-0.1, -0.05) is 6.07 Å². The molecule has 1 aliphatic carbocycles. The number of rotatable bonds is 1. The zero-order chi connectivity index (χ0) is 11.2. The lowest BCUT2D eigenvalue weighted by Crippen LogP contribution is -2.48. The highest BCUT2D eigenvalue weighted by Crippen LogP contribution is 2.39. The quantitative estimate of drug-likeness (QED) is 0.486. The van der Waals surface area contributed by atoms with Crippen LogP contribution in [0.25, 0.3) is 0 Å². The van der Waals surface area contributed by atoms with E-state index in [0.29, 0.717) is 11.1 Å². The van der Waals surface area contributed by atoms with Crippen molar-refractivity contribution in [3.8, 4) is 11.5 Å². The summed E-state index contributed by atoms with van der Waals surface area (Å²) in [5.74, 6) is -1.61. The van der Waals surface area contributed by atoms with Crippen LogP contribution >= 0.6 is 0 Å². The fourth-order valence-electron chi connectivity index (χ4n) is 1.90. The number of carboxylic acid groups (broad SMARTS) is 1. The Kier molecular flexibility index (Phi) is 1.87. The van der Waals surface area contributed by atoms with E-state index < -0.39 is 11.5 Å². The highest BCUT2D eigenvalue weighted by atomic mass is 16.4. The molecule has 0 heterocycles. The number of phenolic OH excluding ortho intramolecular Hbond substituents is 2. The molecule has 1 aromatic carbocycles. The van der Waals surface area contributed by atoms with Crippen LogP contribution in [0.15, 0.2) is 12.1 Å². The predicted molar refractivity (Wildman–Crippen MR) is 51.7 cm³/mol. The van der Waals surface area contributed by atoms with Crippen LogP contribution in [0.4, 0.5) is 0 Å². The summed E-state index contributed by atoms with van der Waals surface area (Å²) in [5.41, 5.74) is 5.42. The van der Waals surface area contributed by atoms with Gasteiger partial charge in [-0.15, -0.1) is 0 Å². The summed E-state index contributed by atoms with van der Waals surface area (Å²) in [6.07, 6.45) is 0.212. The molecule has 15 heavy (non-hydrogen) atoms. The maximum absolute atomic E-state index is 10.9. The van der Waals surface area contributed by atoms with Gasteiger partial charge in [0.25, 0.3) is 0 Å². The second-order valence-corrected chi connectivity index (χ2v) is 3.89. The maximum atomic E-state index is 10.9. The third kappa shape index (κ3) is 1.32. The van der Waals surface area contributed by atoms with E-state index in [1.807, 2.05) is 0 Å². The van der Waals surface area contributed by atoms with Crippen LogP contribution in [0.3, 0.4) is 0 Å². The summed E-state index contributed by atoms with van der Waals surface area (Å²) < 4.78 is 0. The zero-order valence-corrected chi connectivity index (χ0v) is 7.90. The van der Waals surface area contributed by atoms with Crippen molar-refractivity contribution in [3.05, 3.63) is 23.3 Å². The molecule has 0 spiro atoms. The third-order valence-corrected chi connectivity index (χ3v) is 2.78. The van der Waals surface area contributed by atoms with Gasteiger partial charge in [0.05, 0.1) is 0 Å². The van der Waals surface area contributed by atoms with Gasteiger partial charge in [0.2, 0.25) is 0 Å². The van der Waals surface area contributed by atoms with Crippen molar-refractivity contribution in [1.29, 1.82) is 0 Å². The first-order chi connectivity index (χ1) is 6.94. The predicted octanol–water partition coefficient (Wildman–Crippen LogP) is -0.0215. The molecule has 2 rings (SSSR count). The first-order valence-electron chi connectivity index (χ1n) is 4.49. The van der Waals surface area contributed by atoms with Crippen molar-refractivity contribution in [2.24, 2.45) is 5.73 Å². The zero-order valence-electron chi connectivity index (χ0n) is 7.90. The Balaban J connectivity index is 2.48. The summed E-state index contributed by atoms with van der Waals surface area (Å²) in [6.45, 7) is 0. The molecule has 1 unspecified atom stereocenters. The fraction of sp³-hybridized carbons (Fsp3) is 0.300. The second kappa shape index (κ2) is 2.87. The molecule has 0 saturated carbocycles. The summed E-state index contributed by atoms with van der Waals surface area (Å²) >= 11 is 0. The monoisotopic (exact) mass is 209 g/mol. The van der Waals surface area contributed by atoms with Gasteiger partial charge in [-0.2, -0.15) is 0 Å². The molecule has 5 N–H and O–H groups in total. The Bertz CT molecular complexity index is 443. The number of carbonyl (C=O) groups is 1. The molecule has 0 radical (unpaired) electrons. The van der Waals surface area contributed by atoms with Crippen LogP contribution in [0.1, 0.15) is 11.1 Å². The molecule has 0 amide bonds. The average Bonchev–Trinajstić information content (AvgIpc) is 2.51. The minimum atomic E-state index is -1.37. The molecule has 1 atom stereocenters. The standard InChI is InChI=1S/C10H11NO4/c11-10(9(14)15)3-5-1-2-7(12)8(13)6(5)4-10/h1-2,12-13H,3-4,11H2,(H,14,15). The number of aliphatic carboxylic acids is 1. The minimum Gasteiger partial charge on any atom is -0.504 e. The number of phenols is 2. The third-order valence-electron chi connectivity index (χ3n) is 2.78. The number of benzene rings is 1. The van der Waals surface area contributed by atoms with E-state index in [2.05, 4.69) is 0 Å². The molecular formula is C10H11NO4. The van der Waals surface area contributed by atoms with Crippen molar-refractivity contribution >= 4 is 5.97 Å². The van der Waals surface area contributed by atoms with E-state index in [-0.39, 0.29) is 24.3 Å². The molecule has 0 fully saturated rings. The van der Waals surface area contributed by atoms with E-state index in [1.165, 1.54) is 6.07 Å². The summed E-state index contributed by atoms with van der Waals surface area (Å²) in [7, 11) is 0. The lowest BCUT2D eigenvalue weighted by atomic mass is 9.98. The Morgan fingerprint density at radius 1 is 1.33 bits per heavy atom. The summed E-state index contributed by atoms with van der Waals surface area (Å²) in [5, 5.41) is 27.7. The average molecular weight is 209 g/mol. The molecule has 5 nitrogen and oxygen atoms in total. The van der Waals surface area contributed by atoms with E-state index >= 15 is 0 Å². The van der Waals surface area contributed by atoms with Gasteiger partial charge in [0, 0.05) is 18.4 Å². The number of carboxylic acids is 1. The van der Waals surface area contributed by atoms with Gasteiger partial charge in [-0.05, 0) is 11.6 Å². The van der Waals surface area contributed by atoms with Crippen LogP contribution in [0.2, 0.25) is 0 Å². The molecule has 0 bridgehead atoms. The Hall–Kier alpha value is -1.75. The van der Waals surface area contributed by atoms with E-state index in [4.69, 9.17) is 10.8 Å². The molecule has 1 aliphatic rings. The van der Waals surface area contributed by atoms with E-state index in [1.54, 1.807) is 6.07 Å². The largest absolute Gasteiger partial charge is 0.504 e. The molecule has 0 aromatic heterocycles. The lowest BCUT2D eigenvalue weighted by molar-refractivity contribution is -0.142. The highest BCUT2D eigenvalue weighted by Gasteiger charge is 2.42. The lowest BCUT2D eigenvalue weighted by Gasteiger charge is -2.16. The first-order valence-corrected chi connectivity index (χ1v) is 4.49. The molecule has 0 aliphatic heterocycles. The van der Waals surface area contributed by atoms with Gasteiger partial charge in [0.15, 0.2) is 11.5 Å². The van der Waals surface area contributed by atoms with Gasteiger partial charge >= 0.3 is 5.97 Å². The normalized spacial score (nSPS) is 23.8. The Labute approximate surface area is 85.8 Å². The van der Waals surface area contributed by atoms with Crippen LogP contribution < -0.4 is 5.73 Å². The maximum Gasteiger partial charge on any atom is 0.324 e. The van der Waals surface area contributed by atoms with Crippen molar-refractivity contribution in [3.63, 3.8) is 0 Å². The smallest absolute Gasteiger partial charge is 0.324 e. The molecule has 1 aromatic rings.